The number of carbonyl (C=O) groups is 2. The van der Waals surface area contributed by atoms with Crippen molar-refractivity contribution in [3.05, 3.63) is 54.4 Å². The number of benzene rings is 1. The fourth-order valence-electron chi connectivity index (χ4n) is 1.97. The second-order valence-corrected chi connectivity index (χ2v) is 4.98. The summed E-state index contributed by atoms with van der Waals surface area (Å²) in [5.74, 6) is -0.787. The molecule has 116 valence electrons. The van der Waals surface area contributed by atoms with Crippen molar-refractivity contribution >= 4 is 11.9 Å². The average molecular weight is 300 g/mol. The van der Waals surface area contributed by atoms with Crippen LogP contribution in [0.3, 0.4) is 0 Å². The average Bonchev–Trinajstić information content (AvgIpc) is 3.07. The zero-order valence-electron chi connectivity index (χ0n) is 12.8. The largest absolute Gasteiger partial charge is 0.449 e. The molecule has 0 aliphatic heterocycles. The summed E-state index contributed by atoms with van der Waals surface area (Å²) in [6.45, 7) is 4.10. The van der Waals surface area contributed by atoms with Crippen molar-refractivity contribution in [3.8, 4) is 5.69 Å². The second kappa shape index (κ2) is 7.45. The van der Waals surface area contributed by atoms with E-state index >= 15 is 0 Å². The van der Waals surface area contributed by atoms with Crippen LogP contribution in [0.25, 0.3) is 5.69 Å². The van der Waals surface area contributed by atoms with Gasteiger partial charge in [-0.3, -0.25) is 4.79 Å². The van der Waals surface area contributed by atoms with E-state index in [-0.39, 0.29) is 5.91 Å². The quantitative estimate of drug-likeness (QED) is 0.834. The van der Waals surface area contributed by atoms with Crippen LogP contribution in [-0.2, 0) is 9.53 Å². The summed E-state index contributed by atoms with van der Waals surface area (Å²) >= 11 is 0. The highest BCUT2D eigenvalue weighted by atomic mass is 16.5. The van der Waals surface area contributed by atoms with Crippen LogP contribution in [0.4, 0.5) is 0 Å². The molecule has 0 aliphatic carbocycles. The van der Waals surface area contributed by atoms with E-state index in [2.05, 4.69) is 5.32 Å². The van der Waals surface area contributed by atoms with Crippen LogP contribution in [0.5, 0.6) is 0 Å². The molecule has 22 heavy (non-hydrogen) atoms. The van der Waals surface area contributed by atoms with Gasteiger partial charge in [0.1, 0.15) is 0 Å². The van der Waals surface area contributed by atoms with Gasteiger partial charge >= 0.3 is 5.97 Å². The molecular formula is C17H20N2O3. The third-order valence-electron chi connectivity index (χ3n) is 3.19. The fourth-order valence-corrected chi connectivity index (χ4v) is 1.97. The van der Waals surface area contributed by atoms with Gasteiger partial charge in [-0.25, -0.2) is 4.79 Å². The molecule has 0 bridgehead atoms. The third kappa shape index (κ3) is 3.97. The molecule has 0 fully saturated rings. The van der Waals surface area contributed by atoms with Crippen LogP contribution in [-0.4, -0.2) is 29.1 Å². The van der Waals surface area contributed by atoms with Gasteiger partial charge < -0.3 is 14.6 Å². The monoisotopic (exact) mass is 300 g/mol. The molecule has 5 nitrogen and oxygen atoms in total. The first-order valence-electron chi connectivity index (χ1n) is 7.34. The molecule has 0 saturated heterocycles. The van der Waals surface area contributed by atoms with Gasteiger partial charge in [0, 0.05) is 24.6 Å². The Kier molecular flexibility index (Phi) is 5.36. The fraction of sp³-hybridized carbons (Fsp3) is 0.294. The Morgan fingerprint density at radius 2 is 1.95 bits per heavy atom. The Balaban J connectivity index is 2.04. The lowest BCUT2D eigenvalue weighted by molar-refractivity contribution is -0.129. The number of ether oxygens (including phenoxy) is 1. The van der Waals surface area contributed by atoms with Gasteiger partial charge in [0.25, 0.3) is 5.91 Å². The molecule has 5 heteroatoms. The molecular weight excluding hydrogens is 280 g/mol. The van der Waals surface area contributed by atoms with Gasteiger partial charge in [-0.15, -0.1) is 0 Å². The number of hydrogen-bond acceptors (Lipinski definition) is 3. The summed E-state index contributed by atoms with van der Waals surface area (Å²) in [4.78, 5) is 23.9. The maximum absolute atomic E-state index is 12.1. The lowest BCUT2D eigenvalue weighted by atomic mass is 10.2. The van der Waals surface area contributed by atoms with Crippen molar-refractivity contribution < 1.29 is 14.3 Å². The van der Waals surface area contributed by atoms with Crippen molar-refractivity contribution in [1.82, 2.24) is 9.88 Å². The molecule has 1 aromatic carbocycles. The summed E-state index contributed by atoms with van der Waals surface area (Å²) < 4.78 is 7.10. The predicted molar refractivity (Wildman–Crippen MR) is 83.9 cm³/mol. The van der Waals surface area contributed by atoms with E-state index in [1.165, 1.54) is 0 Å². The standard InChI is InChI=1S/C17H20N2O3/c1-3-9-18-16(20)13(2)22-17(21)14-7-6-8-15(12-14)19-10-4-5-11-19/h4-8,10-13H,3,9H2,1-2H3,(H,18,20)/t13-/m0/s1. The van der Waals surface area contributed by atoms with E-state index in [1.807, 2.05) is 42.1 Å². The Morgan fingerprint density at radius 3 is 2.64 bits per heavy atom. The molecule has 0 unspecified atom stereocenters. The number of hydrogen-bond donors (Lipinski definition) is 1. The first-order valence-corrected chi connectivity index (χ1v) is 7.34. The zero-order valence-corrected chi connectivity index (χ0v) is 12.8. The molecule has 1 amide bonds. The highest BCUT2D eigenvalue weighted by Gasteiger charge is 2.18. The van der Waals surface area contributed by atoms with Crippen molar-refractivity contribution in [2.75, 3.05) is 6.54 Å². The summed E-state index contributed by atoms with van der Waals surface area (Å²) in [7, 11) is 0. The number of esters is 1. The molecule has 1 heterocycles. The Labute approximate surface area is 129 Å². The minimum Gasteiger partial charge on any atom is -0.449 e. The Bertz CT molecular complexity index is 635. The maximum atomic E-state index is 12.1. The molecule has 1 N–H and O–H groups in total. The smallest absolute Gasteiger partial charge is 0.338 e. The van der Waals surface area contributed by atoms with Gasteiger partial charge in [0.2, 0.25) is 0 Å². The number of nitrogens with one attached hydrogen (secondary N) is 1. The molecule has 2 rings (SSSR count). The van der Waals surface area contributed by atoms with Crippen molar-refractivity contribution in [1.29, 1.82) is 0 Å². The summed E-state index contributed by atoms with van der Waals surface area (Å²) in [6.07, 6.45) is 3.82. The molecule has 1 atom stereocenters. The third-order valence-corrected chi connectivity index (χ3v) is 3.19. The van der Waals surface area contributed by atoms with Crippen LogP contribution >= 0.6 is 0 Å². The number of nitrogens with zero attached hydrogens (tertiary/aromatic N) is 1. The summed E-state index contributed by atoms with van der Waals surface area (Å²) in [6, 6.07) is 10.9. The number of amides is 1. The van der Waals surface area contributed by atoms with Crippen molar-refractivity contribution in [3.63, 3.8) is 0 Å². The van der Waals surface area contributed by atoms with Gasteiger partial charge in [0.15, 0.2) is 6.10 Å². The van der Waals surface area contributed by atoms with E-state index in [0.717, 1.165) is 12.1 Å². The van der Waals surface area contributed by atoms with Crippen molar-refractivity contribution in [2.45, 2.75) is 26.4 Å². The number of rotatable bonds is 6. The lowest BCUT2D eigenvalue weighted by Gasteiger charge is -2.13. The summed E-state index contributed by atoms with van der Waals surface area (Å²) in [5, 5.41) is 2.70. The normalized spacial score (nSPS) is 11.7. The SMILES string of the molecule is CCCNC(=O)[C@H](C)OC(=O)c1cccc(-n2cccc2)c1. The first-order chi connectivity index (χ1) is 10.6. The summed E-state index contributed by atoms with van der Waals surface area (Å²) in [5.41, 5.74) is 1.28. The topological polar surface area (TPSA) is 60.3 Å². The molecule has 0 spiro atoms. The lowest BCUT2D eigenvalue weighted by Crippen LogP contribution is -2.36. The van der Waals surface area contributed by atoms with Crippen LogP contribution in [0.15, 0.2) is 48.8 Å². The van der Waals surface area contributed by atoms with Crippen LogP contribution in [0, 0.1) is 0 Å². The van der Waals surface area contributed by atoms with E-state index < -0.39 is 12.1 Å². The van der Waals surface area contributed by atoms with E-state index in [0.29, 0.717) is 12.1 Å². The molecule has 0 radical (unpaired) electrons. The van der Waals surface area contributed by atoms with E-state index in [9.17, 15) is 9.59 Å². The Hall–Kier alpha value is -2.56. The zero-order chi connectivity index (χ0) is 15.9. The Morgan fingerprint density at radius 1 is 1.23 bits per heavy atom. The van der Waals surface area contributed by atoms with Crippen LogP contribution < -0.4 is 5.32 Å². The molecule has 2 aromatic rings. The van der Waals surface area contributed by atoms with Gasteiger partial charge in [0.05, 0.1) is 5.56 Å². The van der Waals surface area contributed by atoms with Crippen LogP contribution in [0.1, 0.15) is 30.6 Å². The highest BCUT2D eigenvalue weighted by molar-refractivity contribution is 5.92. The number of aromatic nitrogens is 1. The second-order valence-electron chi connectivity index (χ2n) is 4.98. The molecule has 0 aliphatic rings. The van der Waals surface area contributed by atoms with Crippen molar-refractivity contribution in [2.24, 2.45) is 0 Å². The van der Waals surface area contributed by atoms with Crippen LogP contribution in [0.2, 0.25) is 0 Å². The number of carbonyl (C=O) groups excluding carboxylic acids is 2. The van der Waals surface area contributed by atoms with Gasteiger partial charge in [-0.05, 0) is 43.7 Å². The first kappa shape index (κ1) is 15.8. The van der Waals surface area contributed by atoms with Gasteiger partial charge in [-0.1, -0.05) is 13.0 Å². The van der Waals surface area contributed by atoms with Gasteiger partial charge in [-0.2, -0.15) is 0 Å². The van der Waals surface area contributed by atoms with E-state index in [4.69, 9.17) is 4.74 Å². The van der Waals surface area contributed by atoms with E-state index in [1.54, 1.807) is 25.1 Å². The minimum atomic E-state index is -0.811. The molecule has 0 saturated carbocycles. The molecule has 1 aromatic heterocycles. The maximum Gasteiger partial charge on any atom is 0.338 e. The highest BCUT2D eigenvalue weighted by Crippen LogP contribution is 2.12. The predicted octanol–water partition coefficient (Wildman–Crippen LogP) is 2.55. The minimum absolute atomic E-state index is 0.281.